The van der Waals surface area contributed by atoms with Crippen LogP contribution < -0.4 is 0 Å². The average Bonchev–Trinajstić information content (AvgIpc) is 2.01. The van der Waals surface area contributed by atoms with Crippen LogP contribution in [0.3, 0.4) is 0 Å². The van der Waals surface area contributed by atoms with E-state index in [1.54, 1.807) is 0 Å². The van der Waals surface area contributed by atoms with Crippen LogP contribution in [0.25, 0.3) is 0 Å². The molecule has 14 heavy (non-hydrogen) atoms. The predicted molar refractivity (Wildman–Crippen MR) is 75.6 cm³/mol. The number of hydrogen-bond acceptors (Lipinski definition) is 3. The van der Waals surface area contributed by atoms with E-state index in [-0.39, 0.29) is 0 Å². The van der Waals surface area contributed by atoms with E-state index in [1.807, 2.05) is 0 Å². The lowest BCUT2D eigenvalue weighted by Crippen LogP contribution is -2.13. The van der Waals surface area contributed by atoms with E-state index >= 15 is 0 Å². The van der Waals surface area contributed by atoms with Gasteiger partial charge in [-0.15, -0.1) is 0 Å². The maximum Gasteiger partial charge on any atom is 0.201 e. The van der Waals surface area contributed by atoms with Crippen LogP contribution >= 0.6 is 95.6 Å². The van der Waals surface area contributed by atoms with Crippen LogP contribution in [0.5, 0.6) is 0 Å². The van der Waals surface area contributed by atoms with Crippen molar-refractivity contribution in [3.05, 3.63) is 18.0 Å². The molecule has 0 spiro atoms. The number of hydrogen-bond donors (Lipinski definition) is 0. The van der Waals surface area contributed by atoms with Crippen LogP contribution in [0.15, 0.2) is 0 Å². The molecule has 0 fully saturated rings. The first-order valence-electron chi connectivity index (χ1n) is 2.98. The van der Waals surface area contributed by atoms with E-state index in [9.17, 15) is 0 Å². The average molecular weight is 582 g/mol. The Bertz CT molecular complexity index is 300. The van der Waals surface area contributed by atoms with Crippen molar-refractivity contribution in [3.8, 4) is 0 Å². The molecule has 0 saturated carbocycles. The summed E-state index contributed by atoms with van der Waals surface area (Å²) in [5.41, 5.74) is 0. The Balaban J connectivity index is 3.15. The third-order valence-electron chi connectivity index (χ3n) is 1.03. The van der Waals surface area contributed by atoms with Crippen LogP contribution in [0.1, 0.15) is 11.6 Å². The lowest BCUT2D eigenvalue weighted by molar-refractivity contribution is 0.877. The monoisotopic (exact) mass is 576 g/mol. The molecule has 1 aromatic heterocycles. The minimum Gasteiger partial charge on any atom is -0.211 e. The molecule has 0 amide bonds. The summed E-state index contributed by atoms with van der Waals surface area (Å²) >= 11 is 19.8. The first-order valence-corrected chi connectivity index (χ1v) is 7.73. The van der Waals surface area contributed by atoms with E-state index in [0.717, 1.165) is 0 Å². The highest BCUT2D eigenvalue weighted by atomic mass is 80.0. The van der Waals surface area contributed by atoms with Crippen molar-refractivity contribution in [2.45, 2.75) is 4.29 Å². The summed E-state index contributed by atoms with van der Waals surface area (Å²) in [5, 5.41) is 0. The SMILES string of the molecule is BrC(Br)(Br)c1n[c]nc(C(Br)(Br)Br)n1. The summed E-state index contributed by atoms with van der Waals surface area (Å²) in [6.07, 6.45) is 2.50. The van der Waals surface area contributed by atoms with Gasteiger partial charge in [0.15, 0.2) is 15.9 Å². The van der Waals surface area contributed by atoms with E-state index in [0.29, 0.717) is 11.6 Å². The molecule has 0 N–H and O–H groups in total. The van der Waals surface area contributed by atoms with E-state index < -0.39 is 4.29 Å². The van der Waals surface area contributed by atoms with E-state index in [1.165, 1.54) is 0 Å². The largest absolute Gasteiger partial charge is 0.211 e. The first-order chi connectivity index (χ1) is 6.21. The molecule has 0 bridgehead atoms. The predicted octanol–water partition coefficient (Wildman–Crippen LogP) is 4.26. The van der Waals surface area contributed by atoms with Gasteiger partial charge in [-0.2, -0.15) is 0 Å². The lowest BCUT2D eigenvalue weighted by Gasteiger charge is -2.13. The van der Waals surface area contributed by atoms with Crippen LogP contribution in [0.4, 0.5) is 0 Å². The molecule has 77 valence electrons. The van der Waals surface area contributed by atoms with Crippen LogP contribution in [-0.4, -0.2) is 15.0 Å². The summed E-state index contributed by atoms with van der Waals surface area (Å²) in [7, 11) is 0. The molecule has 0 aliphatic rings. The smallest absolute Gasteiger partial charge is 0.201 e. The Labute approximate surface area is 131 Å². The van der Waals surface area contributed by atoms with Gasteiger partial charge < -0.3 is 0 Å². The van der Waals surface area contributed by atoms with Gasteiger partial charge in [-0.05, 0) is 0 Å². The Morgan fingerprint density at radius 2 is 1.14 bits per heavy atom. The van der Waals surface area contributed by atoms with E-state index in [2.05, 4.69) is 117 Å². The molecular weight excluding hydrogens is 582 g/mol. The van der Waals surface area contributed by atoms with Gasteiger partial charge >= 0.3 is 0 Å². The van der Waals surface area contributed by atoms with Crippen LogP contribution in [0.2, 0.25) is 0 Å². The Morgan fingerprint density at radius 1 is 0.786 bits per heavy atom. The second-order valence-electron chi connectivity index (χ2n) is 2.08. The molecule has 9 heteroatoms. The molecule has 0 atom stereocenters. The van der Waals surface area contributed by atoms with Crippen molar-refractivity contribution < 1.29 is 0 Å². The molecule has 0 aliphatic carbocycles. The van der Waals surface area contributed by atoms with Crippen LogP contribution in [-0.2, 0) is 4.29 Å². The Hall–Kier alpha value is 1.89. The van der Waals surface area contributed by atoms with Crippen molar-refractivity contribution in [1.29, 1.82) is 0 Å². The van der Waals surface area contributed by atoms with Crippen molar-refractivity contribution >= 4 is 95.6 Å². The zero-order chi connectivity index (χ0) is 11.0. The molecule has 1 aromatic rings. The third-order valence-corrected chi connectivity index (χ3v) is 3.16. The van der Waals surface area contributed by atoms with Gasteiger partial charge in [0.1, 0.15) is 0 Å². The Kier molecular flexibility index (Phi) is 5.02. The minimum atomic E-state index is -0.667. The number of aromatic nitrogens is 3. The fourth-order valence-electron chi connectivity index (χ4n) is 0.524. The molecular formula is C5Br6N3. The standard InChI is InChI=1S/C5Br6N3/c6-4(7,8)2-12-1-13-3(14-2)5(9,10)11. The van der Waals surface area contributed by atoms with Gasteiger partial charge in [0, 0.05) is 0 Å². The summed E-state index contributed by atoms with van der Waals surface area (Å²) in [6, 6.07) is 0. The second-order valence-corrected chi connectivity index (χ2v) is 15.6. The van der Waals surface area contributed by atoms with Crippen molar-refractivity contribution in [1.82, 2.24) is 15.0 Å². The third kappa shape index (κ3) is 4.04. The normalized spacial score (nSPS) is 13.0. The van der Waals surface area contributed by atoms with Gasteiger partial charge in [0.25, 0.3) is 0 Å². The summed E-state index contributed by atoms with van der Waals surface area (Å²) in [5.74, 6) is 0.926. The lowest BCUT2D eigenvalue weighted by atomic mass is 10.6. The maximum atomic E-state index is 4.18. The molecule has 1 heterocycles. The van der Waals surface area contributed by atoms with Gasteiger partial charge in [-0.25, -0.2) is 15.0 Å². The zero-order valence-corrected chi connectivity index (χ0v) is 15.6. The summed E-state index contributed by atoms with van der Waals surface area (Å²) in [4.78, 5) is 11.9. The van der Waals surface area contributed by atoms with Crippen molar-refractivity contribution in [3.63, 3.8) is 0 Å². The quantitative estimate of drug-likeness (QED) is 0.430. The Morgan fingerprint density at radius 3 is 1.43 bits per heavy atom. The van der Waals surface area contributed by atoms with Gasteiger partial charge in [-0.1, -0.05) is 95.6 Å². The molecule has 0 saturated heterocycles. The fraction of sp³-hybridized carbons (Fsp3) is 0.400. The summed E-state index contributed by atoms with van der Waals surface area (Å²) in [6.45, 7) is 0. The molecule has 0 aromatic carbocycles. The van der Waals surface area contributed by atoms with Crippen LogP contribution in [0, 0.1) is 6.33 Å². The molecule has 1 radical (unpaired) electrons. The molecule has 0 aliphatic heterocycles. The maximum absolute atomic E-state index is 4.18. The van der Waals surface area contributed by atoms with Gasteiger partial charge in [0.05, 0.1) is 0 Å². The number of halogens is 6. The topological polar surface area (TPSA) is 38.7 Å². The molecule has 1 rings (SSSR count). The minimum absolute atomic E-state index is 0.463. The van der Waals surface area contributed by atoms with Crippen molar-refractivity contribution in [2.75, 3.05) is 0 Å². The first kappa shape index (κ1) is 14.0. The highest BCUT2D eigenvalue weighted by Gasteiger charge is 2.30. The van der Waals surface area contributed by atoms with Gasteiger partial charge in [0.2, 0.25) is 6.33 Å². The van der Waals surface area contributed by atoms with Crippen molar-refractivity contribution in [2.24, 2.45) is 0 Å². The number of rotatable bonds is 0. The highest BCUT2D eigenvalue weighted by molar-refractivity contribution is 9.39. The number of nitrogens with zero attached hydrogens (tertiary/aromatic N) is 3. The zero-order valence-electron chi connectivity index (χ0n) is 6.11. The molecule has 3 nitrogen and oxygen atoms in total. The van der Waals surface area contributed by atoms with E-state index in [4.69, 9.17) is 0 Å². The summed E-state index contributed by atoms with van der Waals surface area (Å²) < 4.78 is -1.33. The van der Waals surface area contributed by atoms with Gasteiger partial charge in [-0.3, -0.25) is 0 Å². The highest BCUT2D eigenvalue weighted by Crippen LogP contribution is 2.45. The number of alkyl halides is 6. The molecule has 0 unspecified atom stereocenters. The fourth-order valence-corrected chi connectivity index (χ4v) is 1.59. The second kappa shape index (κ2) is 5.03.